The van der Waals surface area contributed by atoms with Gasteiger partial charge in [-0.25, -0.2) is 4.68 Å². The van der Waals surface area contributed by atoms with Gasteiger partial charge in [-0.15, -0.1) is 5.10 Å². The molecule has 0 saturated carbocycles. The number of nitro benzene ring substituents is 1. The number of benzene rings is 2. The van der Waals surface area contributed by atoms with E-state index in [1.54, 1.807) is 16.8 Å². The lowest BCUT2D eigenvalue weighted by atomic mass is 9.73. The van der Waals surface area contributed by atoms with E-state index in [-0.39, 0.29) is 16.9 Å². The molecule has 2 heterocycles. The number of fused-ring (bicyclic) bond motifs is 1. The lowest BCUT2D eigenvalue weighted by molar-refractivity contribution is -0.384. The third kappa shape index (κ3) is 3.61. The topological polar surface area (TPSA) is 103 Å². The van der Waals surface area contributed by atoms with E-state index in [0.29, 0.717) is 30.2 Å². The molecule has 0 saturated heterocycles. The van der Waals surface area contributed by atoms with Crippen LogP contribution in [0, 0.1) is 29.4 Å². The number of carbonyl (C=O) groups excluding carboxylic acids is 1. The number of allylic oxidation sites excluding steroid dienone is 2. The van der Waals surface area contributed by atoms with E-state index in [1.165, 1.54) is 17.7 Å². The first kappa shape index (κ1) is 21.1. The van der Waals surface area contributed by atoms with Gasteiger partial charge in [0.2, 0.25) is 5.95 Å². The molecule has 5 rings (SSSR count). The molecule has 1 N–H and O–H groups in total. The molecule has 1 unspecified atom stereocenters. The fraction of sp³-hybridized carbons (Fsp3) is 0.320. The largest absolute Gasteiger partial charge is 0.328 e. The number of carbonyl (C=O) groups is 1. The number of hydrogen-bond acceptors (Lipinski definition) is 6. The summed E-state index contributed by atoms with van der Waals surface area (Å²) >= 11 is 0. The Morgan fingerprint density at radius 2 is 1.82 bits per heavy atom. The number of aryl methyl sites for hydroxylation is 2. The SMILES string of the molecule is Cc1ccc(-c2nc3n(n2)C(c2ccc([N+](=O)[O-])cc2)C2=C(CC(C)(C)CC2=O)N3)cc1C. The zero-order valence-electron chi connectivity index (χ0n) is 19.0. The number of nitro groups is 1. The summed E-state index contributed by atoms with van der Waals surface area (Å²) in [5.74, 6) is 1.20. The highest BCUT2D eigenvalue weighted by molar-refractivity contribution is 6.00. The van der Waals surface area contributed by atoms with Gasteiger partial charge in [0.05, 0.1) is 4.92 Å². The van der Waals surface area contributed by atoms with Crippen LogP contribution in [0.2, 0.25) is 0 Å². The van der Waals surface area contributed by atoms with Crippen molar-refractivity contribution in [3.63, 3.8) is 0 Å². The average Bonchev–Trinajstić information content (AvgIpc) is 3.17. The Morgan fingerprint density at radius 1 is 1.09 bits per heavy atom. The van der Waals surface area contributed by atoms with Crippen LogP contribution < -0.4 is 5.32 Å². The van der Waals surface area contributed by atoms with Crippen molar-refractivity contribution in [3.05, 3.63) is 80.5 Å². The molecule has 8 nitrogen and oxygen atoms in total. The highest BCUT2D eigenvalue weighted by Gasteiger charge is 2.42. The van der Waals surface area contributed by atoms with Crippen molar-refractivity contribution in [1.82, 2.24) is 14.8 Å². The molecular weight excluding hydrogens is 418 g/mol. The zero-order valence-corrected chi connectivity index (χ0v) is 19.0. The lowest BCUT2D eigenvalue weighted by Gasteiger charge is -2.38. The molecule has 8 heteroatoms. The quantitative estimate of drug-likeness (QED) is 0.445. The number of ketones is 1. The van der Waals surface area contributed by atoms with Crippen LogP contribution in [0.15, 0.2) is 53.7 Å². The van der Waals surface area contributed by atoms with Crippen LogP contribution in [0.3, 0.4) is 0 Å². The molecule has 1 aliphatic carbocycles. The van der Waals surface area contributed by atoms with Crippen LogP contribution in [0.4, 0.5) is 11.6 Å². The fourth-order valence-electron chi connectivity index (χ4n) is 4.70. The number of anilines is 1. The van der Waals surface area contributed by atoms with Crippen LogP contribution in [0.25, 0.3) is 11.4 Å². The van der Waals surface area contributed by atoms with Crippen LogP contribution >= 0.6 is 0 Å². The number of rotatable bonds is 3. The molecule has 168 valence electrons. The van der Waals surface area contributed by atoms with Crippen molar-refractivity contribution < 1.29 is 9.72 Å². The van der Waals surface area contributed by atoms with E-state index in [1.807, 2.05) is 19.1 Å². The molecule has 2 aliphatic rings. The summed E-state index contributed by atoms with van der Waals surface area (Å²) < 4.78 is 1.74. The van der Waals surface area contributed by atoms with Crippen molar-refractivity contribution >= 4 is 17.4 Å². The van der Waals surface area contributed by atoms with Gasteiger partial charge in [-0.05, 0) is 60.6 Å². The minimum atomic E-state index is -0.492. The second-order valence-electron chi connectivity index (χ2n) is 9.71. The maximum absolute atomic E-state index is 13.3. The molecule has 0 amide bonds. The molecule has 1 aliphatic heterocycles. The molecular formula is C25H25N5O3. The minimum absolute atomic E-state index is 0.00706. The number of nitrogens with zero attached hydrogens (tertiary/aromatic N) is 4. The number of Topliss-reactive ketones (excluding diaryl/α,β-unsaturated/α-hetero) is 1. The van der Waals surface area contributed by atoms with Crippen molar-refractivity contribution in [2.24, 2.45) is 5.41 Å². The van der Waals surface area contributed by atoms with Gasteiger partial charge >= 0.3 is 0 Å². The first-order valence-corrected chi connectivity index (χ1v) is 10.9. The number of hydrogen-bond donors (Lipinski definition) is 1. The summed E-state index contributed by atoms with van der Waals surface area (Å²) in [5, 5.41) is 19.3. The summed E-state index contributed by atoms with van der Waals surface area (Å²) in [5.41, 5.74) is 5.35. The summed E-state index contributed by atoms with van der Waals surface area (Å²) in [7, 11) is 0. The molecule has 0 bridgehead atoms. The zero-order chi connectivity index (χ0) is 23.5. The lowest BCUT2D eigenvalue weighted by Crippen LogP contribution is -2.36. The highest BCUT2D eigenvalue weighted by atomic mass is 16.6. The number of non-ortho nitro benzene ring substituents is 1. The van der Waals surface area contributed by atoms with E-state index in [4.69, 9.17) is 10.1 Å². The summed E-state index contributed by atoms with van der Waals surface area (Å²) in [6.07, 6.45) is 1.15. The smallest absolute Gasteiger partial charge is 0.269 e. The van der Waals surface area contributed by atoms with E-state index in [0.717, 1.165) is 22.4 Å². The van der Waals surface area contributed by atoms with Gasteiger partial charge in [0.15, 0.2) is 11.6 Å². The number of nitrogens with one attached hydrogen (secondary N) is 1. The van der Waals surface area contributed by atoms with Gasteiger partial charge in [-0.3, -0.25) is 14.9 Å². The minimum Gasteiger partial charge on any atom is -0.328 e. The Balaban J connectivity index is 1.66. The normalized spacial score (nSPS) is 19.0. The molecule has 1 aromatic heterocycles. The van der Waals surface area contributed by atoms with E-state index < -0.39 is 11.0 Å². The molecule has 1 atom stereocenters. The van der Waals surface area contributed by atoms with Crippen molar-refractivity contribution in [3.8, 4) is 11.4 Å². The molecule has 0 spiro atoms. The van der Waals surface area contributed by atoms with Gasteiger partial charge in [0.25, 0.3) is 5.69 Å². The Kier molecular flexibility index (Phi) is 4.70. The third-order valence-corrected chi connectivity index (χ3v) is 6.52. The van der Waals surface area contributed by atoms with Crippen LogP contribution in [-0.2, 0) is 4.79 Å². The average molecular weight is 444 g/mol. The van der Waals surface area contributed by atoms with Crippen molar-refractivity contribution in [2.75, 3.05) is 5.32 Å². The predicted molar refractivity (Wildman–Crippen MR) is 125 cm³/mol. The first-order valence-electron chi connectivity index (χ1n) is 10.9. The monoisotopic (exact) mass is 443 g/mol. The standard InChI is InChI=1S/C25H25N5O3/c1-14-5-6-17(11-15(14)2)23-27-24-26-19-12-25(3,4)13-20(31)21(19)22(29(24)28-23)16-7-9-18(10-8-16)30(32)33/h5-11,22H,12-13H2,1-4H3,(H,26,27,28). The maximum atomic E-state index is 13.3. The Bertz CT molecular complexity index is 1330. The predicted octanol–water partition coefficient (Wildman–Crippen LogP) is 5.13. The van der Waals surface area contributed by atoms with E-state index in [9.17, 15) is 14.9 Å². The number of aromatic nitrogens is 3. The first-order chi connectivity index (χ1) is 15.6. The third-order valence-electron chi connectivity index (χ3n) is 6.52. The second kappa shape index (κ2) is 7.37. The van der Waals surface area contributed by atoms with Crippen LogP contribution in [0.1, 0.15) is 49.4 Å². The molecule has 0 radical (unpaired) electrons. The second-order valence-corrected chi connectivity index (χ2v) is 9.71. The molecule has 33 heavy (non-hydrogen) atoms. The molecule has 3 aromatic rings. The fourth-order valence-corrected chi connectivity index (χ4v) is 4.70. The summed E-state index contributed by atoms with van der Waals surface area (Å²) in [6, 6.07) is 11.9. The van der Waals surface area contributed by atoms with Crippen molar-refractivity contribution in [1.29, 1.82) is 0 Å². The summed E-state index contributed by atoms with van der Waals surface area (Å²) in [4.78, 5) is 28.8. The molecule has 2 aromatic carbocycles. The van der Waals surface area contributed by atoms with Crippen molar-refractivity contribution in [2.45, 2.75) is 46.6 Å². The molecule has 0 fully saturated rings. The van der Waals surface area contributed by atoms with Gasteiger partial charge in [-0.1, -0.05) is 26.0 Å². The Labute approximate surface area is 191 Å². The maximum Gasteiger partial charge on any atom is 0.269 e. The van der Waals surface area contributed by atoms with Gasteiger partial charge in [0, 0.05) is 35.4 Å². The Morgan fingerprint density at radius 3 is 2.48 bits per heavy atom. The van der Waals surface area contributed by atoms with Gasteiger partial charge in [0.1, 0.15) is 6.04 Å². The highest BCUT2D eigenvalue weighted by Crippen LogP contribution is 2.45. The van der Waals surface area contributed by atoms with E-state index >= 15 is 0 Å². The van der Waals surface area contributed by atoms with Crippen LogP contribution in [0.5, 0.6) is 0 Å². The summed E-state index contributed by atoms with van der Waals surface area (Å²) in [6.45, 7) is 8.27. The Hall–Kier alpha value is -3.81. The van der Waals surface area contributed by atoms with E-state index in [2.05, 4.69) is 32.2 Å². The van der Waals surface area contributed by atoms with Gasteiger partial charge in [-0.2, -0.15) is 4.98 Å². The van der Waals surface area contributed by atoms with Gasteiger partial charge < -0.3 is 5.32 Å². The van der Waals surface area contributed by atoms with Crippen LogP contribution in [-0.4, -0.2) is 25.5 Å².